The van der Waals surface area contributed by atoms with Gasteiger partial charge in [-0.25, -0.2) is 0 Å². The van der Waals surface area contributed by atoms with E-state index in [9.17, 15) is 9.90 Å². The second kappa shape index (κ2) is 6.28. The minimum atomic E-state index is -0.199. The van der Waals surface area contributed by atoms with E-state index < -0.39 is 0 Å². The van der Waals surface area contributed by atoms with Crippen molar-refractivity contribution in [2.24, 2.45) is 0 Å². The number of carbonyl (C=O) groups is 1. The van der Waals surface area contributed by atoms with Crippen molar-refractivity contribution < 1.29 is 14.6 Å². The van der Waals surface area contributed by atoms with Gasteiger partial charge in [0.1, 0.15) is 0 Å². The standard InChI is InChI=1S/C15H21NO3/c1-11-10-19-14(9-17)8-16(11)12(2)15(18)13-6-4-3-5-7-13/h3-7,11-12,14,17H,8-10H2,1-2H3. The Labute approximate surface area is 114 Å². The third kappa shape index (κ3) is 3.21. The van der Waals surface area contributed by atoms with E-state index in [1.807, 2.05) is 44.2 Å². The van der Waals surface area contributed by atoms with Gasteiger partial charge in [0.2, 0.25) is 0 Å². The van der Waals surface area contributed by atoms with Gasteiger partial charge in [0.05, 0.1) is 25.4 Å². The summed E-state index contributed by atoms with van der Waals surface area (Å²) >= 11 is 0. The number of nitrogens with zero attached hydrogens (tertiary/aromatic N) is 1. The number of hydrogen-bond acceptors (Lipinski definition) is 4. The number of carbonyl (C=O) groups excluding carboxylic acids is 1. The first-order valence-corrected chi connectivity index (χ1v) is 6.71. The van der Waals surface area contributed by atoms with Crippen LogP contribution in [0.4, 0.5) is 0 Å². The van der Waals surface area contributed by atoms with Gasteiger partial charge in [0.15, 0.2) is 5.78 Å². The molecule has 0 aromatic heterocycles. The lowest BCUT2D eigenvalue weighted by atomic mass is 10.0. The molecule has 0 bridgehead atoms. The highest BCUT2D eigenvalue weighted by molar-refractivity contribution is 5.99. The van der Waals surface area contributed by atoms with E-state index >= 15 is 0 Å². The molecule has 0 spiro atoms. The van der Waals surface area contributed by atoms with Crippen molar-refractivity contribution in [3.63, 3.8) is 0 Å². The Morgan fingerprint density at radius 2 is 2.16 bits per heavy atom. The van der Waals surface area contributed by atoms with Gasteiger partial charge in [-0.05, 0) is 13.8 Å². The summed E-state index contributed by atoms with van der Waals surface area (Å²) in [7, 11) is 0. The second-order valence-corrected chi connectivity index (χ2v) is 5.09. The molecule has 3 unspecified atom stereocenters. The van der Waals surface area contributed by atoms with Crippen molar-refractivity contribution >= 4 is 5.78 Å². The first kappa shape index (κ1) is 14.2. The average molecular weight is 263 g/mol. The van der Waals surface area contributed by atoms with Crippen LogP contribution >= 0.6 is 0 Å². The van der Waals surface area contributed by atoms with E-state index in [0.29, 0.717) is 13.2 Å². The highest BCUT2D eigenvalue weighted by Crippen LogP contribution is 2.17. The monoisotopic (exact) mass is 263 g/mol. The Hall–Kier alpha value is -1.23. The molecule has 3 atom stereocenters. The summed E-state index contributed by atoms with van der Waals surface area (Å²) in [6.07, 6.45) is -0.192. The smallest absolute Gasteiger partial charge is 0.179 e. The number of morpholine rings is 1. The second-order valence-electron chi connectivity index (χ2n) is 5.09. The zero-order chi connectivity index (χ0) is 13.8. The van der Waals surface area contributed by atoms with Crippen LogP contribution in [0.2, 0.25) is 0 Å². The van der Waals surface area contributed by atoms with Crippen LogP contribution in [0, 0.1) is 0 Å². The van der Waals surface area contributed by atoms with E-state index in [1.165, 1.54) is 0 Å². The first-order valence-electron chi connectivity index (χ1n) is 6.71. The van der Waals surface area contributed by atoms with Gasteiger partial charge in [-0.3, -0.25) is 9.69 Å². The van der Waals surface area contributed by atoms with Crippen LogP contribution in [0.25, 0.3) is 0 Å². The summed E-state index contributed by atoms with van der Waals surface area (Å²) in [5.74, 6) is 0.117. The van der Waals surface area contributed by atoms with Crippen molar-refractivity contribution in [1.82, 2.24) is 4.90 Å². The number of ketones is 1. The van der Waals surface area contributed by atoms with Crippen molar-refractivity contribution in [2.75, 3.05) is 19.8 Å². The van der Waals surface area contributed by atoms with E-state index in [1.54, 1.807) is 0 Å². The van der Waals surface area contributed by atoms with Gasteiger partial charge in [-0.1, -0.05) is 30.3 Å². The molecule has 1 aliphatic rings. The molecular weight excluding hydrogens is 242 g/mol. The maximum absolute atomic E-state index is 12.4. The molecule has 1 heterocycles. The first-order chi connectivity index (χ1) is 9.13. The van der Waals surface area contributed by atoms with Gasteiger partial charge in [0.25, 0.3) is 0 Å². The molecule has 4 nitrogen and oxygen atoms in total. The molecule has 0 amide bonds. The molecular formula is C15H21NO3. The average Bonchev–Trinajstić information content (AvgIpc) is 2.47. The molecule has 2 rings (SSSR count). The third-order valence-electron chi connectivity index (χ3n) is 3.69. The zero-order valence-corrected chi connectivity index (χ0v) is 11.5. The van der Waals surface area contributed by atoms with Crippen LogP contribution in [-0.2, 0) is 4.74 Å². The Balaban J connectivity index is 2.09. The number of ether oxygens (including phenoxy) is 1. The van der Waals surface area contributed by atoms with Crippen LogP contribution < -0.4 is 0 Å². The van der Waals surface area contributed by atoms with Crippen molar-refractivity contribution in [1.29, 1.82) is 0 Å². The van der Waals surface area contributed by atoms with Crippen molar-refractivity contribution in [2.45, 2.75) is 32.0 Å². The predicted molar refractivity (Wildman–Crippen MR) is 73.2 cm³/mol. The van der Waals surface area contributed by atoms with Crippen molar-refractivity contribution in [3.8, 4) is 0 Å². The van der Waals surface area contributed by atoms with Crippen LogP contribution in [-0.4, -0.2) is 53.7 Å². The lowest BCUT2D eigenvalue weighted by Crippen LogP contribution is -2.55. The minimum absolute atomic E-state index is 0.00450. The maximum Gasteiger partial charge on any atom is 0.179 e. The fourth-order valence-electron chi connectivity index (χ4n) is 2.48. The van der Waals surface area contributed by atoms with E-state index in [4.69, 9.17) is 4.74 Å². The van der Waals surface area contributed by atoms with Crippen LogP contribution in [0.1, 0.15) is 24.2 Å². The summed E-state index contributed by atoms with van der Waals surface area (Å²) in [5, 5.41) is 9.20. The number of aliphatic hydroxyl groups is 1. The fraction of sp³-hybridized carbons (Fsp3) is 0.533. The Kier molecular flexibility index (Phi) is 4.69. The van der Waals surface area contributed by atoms with Crippen LogP contribution in [0.15, 0.2) is 30.3 Å². The third-order valence-corrected chi connectivity index (χ3v) is 3.69. The fourth-order valence-corrected chi connectivity index (χ4v) is 2.48. The SMILES string of the molecule is CC1COC(CO)CN1C(C)C(=O)c1ccccc1. The molecule has 19 heavy (non-hydrogen) atoms. The molecule has 4 heteroatoms. The molecule has 1 aromatic carbocycles. The minimum Gasteiger partial charge on any atom is -0.394 e. The molecule has 1 aliphatic heterocycles. The Bertz CT molecular complexity index is 421. The summed E-state index contributed by atoms with van der Waals surface area (Å²) in [6, 6.07) is 9.32. The lowest BCUT2D eigenvalue weighted by molar-refractivity contribution is -0.0846. The molecule has 1 fully saturated rings. The Morgan fingerprint density at radius 3 is 2.79 bits per heavy atom. The summed E-state index contributed by atoms with van der Waals surface area (Å²) in [5.41, 5.74) is 0.731. The predicted octanol–water partition coefficient (Wildman–Crippen LogP) is 1.34. The number of Topliss-reactive ketones (excluding diaryl/α,β-unsaturated/α-hetero) is 1. The van der Waals surface area contributed by atoms with Gasteiger partial charge >= 0.3 is 0 Å². The normalized spacial score (nSPS) is 26.1. The van der Waals surface area contributed by atoms with Gasteiger partial charge in [-0.2, -0.15) is 0 Å². The molecule has 0 aliphatic carbocycles. The molecule has 1 N–H and O–H groups in total. The molecule has 1 saturated heterocycles. The van der Waals surface area contributed by atoms with E-state index in [0.717, 1.165) is 5.56 Å². The number of rotatable bonds is 4. The van der Waals surface area contributed by atoms with E-state index in [2.05, 4.69) is 4.90 Å². The number of hydrogen-bond donors (Lipinski definition) is 1. The quantitative estimate of drug-likeness (QED) is 0.833. The zero-order valence-electron chi connectivity index (χ0n) is 11.5. The van der Waals surface area contributed by atoms with Gasteiger partial charge < -0.3 is 9.84 Å². The van der Waals surface area contributed by atoms with Gasteiger partial charge in [-0.15, -0.1) is 0 Å². The molecule has 104 valence electrons. The molecule has 0 radical (unpaired) electrons. The molecule has 1 aromatic rings. The topological polar surface area (TPSA) is 49.8 Å². The van der Waals surface area contributed by atoms with Gasteiger partial charge in [0, 0.05) is 18.2 Å². The maximum atomic E-state index is 12.4. The van der Waals surface area contributed by atoms with E-state index in [-0.39, 0.29) is 30.6 Å². The van der Waals surface area contributed by atoms with Crippen LogP contribution in [0.3, 0.4) is 0 Å². The van der Waals surface area contributed by atoms with Crippen LogP contribution in [0.5, 0.6) is 0 Å². The lowest BCUT2D eigenvalue weighted by Gasteiger charge is -2.40. The highest BCUT2D eigenvalue weighted by Gasteiger charge is 2.32. The summed E-state index contributed by atoms with van der Waals surface area (Å²) in [6.45, 7) is 5.11. The number of benzene rings is 1. The highest BCUT2D eigenvalue weighted by atomic mass is 16.5. The summed E-state index contributed by atoms with van der Waals surface area (Å²) in [4.78, 5) is 14.6. The Morgan fingerprint density at radius 1 is 1.47 bits per heavy atom. The van der Waals surface area contributed by atoms with Crippen molar-refractivity contribution in [3.05, 3.63) is 35.9 Å². The molecule has 0 saturated carbocycles. The summed E-state index contributed by atoms with van der Waals surface area (Å²) < 4.78 is 5.50. The largest absolute Gasteiger partial charge is 0.394 e. The number of aliphatic hydroxyl groups excluding tert-OH is 1.